The molecule has 1 aromatic carbocycles. The molecular weight excluding hydrogens is 334 g/mol. The summed E-state index contributed by atoms with van der Waals surface area (Å²) < 4.78 is 5.40. The Balaban J connectivity index is 2.82. The van der Waals surface area contributed by atoms with Gasteiger partial charge in [0.05, 0.1) is 23.6 Å². The smallest absolute Gasteiger partial charge is 0.310 e. The van der Waals surface area contributed by atoms with Crippen LogP contribution in [0.1, 0.15) is 17.3 Å². The van der Waals surface area contributed by atoms with Crippen LogP contribution in [0.25, 0.3) is 0 Å². The van der Waals surface area contributed by atoms with Crippen molar-refractivity contribution in [2.45, 2.75) is 6.92 Å². The first-order valence-electron chi connectivity index (χ1n) is 5.65. The molecule has 0 N–H and O–H groups in total. The van der Waals surface area contributed by atoms with Gasteiger partial charge >= 0.3 is 5.97 Å². The molecular formula is C13H15BrClNO3. The van der Waals surface area contributed by atoms with Gasteiger partial charge in [-0.05, 0) is 18.2 Å². The number of hydrogen-bond donors (Lipinski definition) is 0. The summed E-state index contributed by atoms with van der Waals surface area (Å²) in [5, 5.41) is 0.380. The topological polar surface area (TPSA) is 46.6 Å². The van der Waals surface area contributed by atoms with Crippen LogP contribution in [0.5, 0.6) is 0 Å². The molecule has 19 heavy (non-hydrogen) atoms. The molecule has 0 aliphatic heterocycles. The summed E-state index contributed by atoms with van der Waals surface area (Å²) in [6, 6.07) is 5.07. The number of nitrogens with zero attached hydrogens (tertiary/aromatic N) is 1. The van der Waals surface area contributed by atoms with Crippen molar-refractivity contribution in [2.75, 3.05) is 20.7 Å². The normalized spacial score (nSPS) is 11.8. The van der Waals surface area contributed by atoms with Crippen LogP contribution >= 0.6 is 27.5 Å². The zero-order chi connectivity index (χ0) is 14.6. The Morgan fingerprint density at radius 3 is 2.68 bits per heavy atom. The molecule has 0 aromatic heterocycles. The van der Waals surface area contributed by atoms with E-state index in [1.807, 2.05) is 0 Å². The van der Waals surface area contributed by atoms with Gasteiger partial charge in [-0.1, -0.05) is 34.5 Å². The predicted octanol–water partition coefficient (Wildman–Crippen LogP) is 2.98. The molecule has 0 aliphatic carbocycles. The summed E-state index contributed by atoms with van der Waals surface area (Å²) in [4.78, 5) is 25.0. The minimum absolute atomic E-state index is 0.234. The Bertz CT molecular complexity index is 493. The van der Waals surface area contributed by atoms with E-state index in [2.05, 4.69) is 20.7 Å². The van der Waals surface area contributed by atoms with E-state index in [4.69, 9.17) is 11.6 Å². The van der Waals surface area contributed by atoms with Gasteiger partial charge in [0.1, 0.15) is 0 Å². The van der Waals surface area contributed by atoms with E-state index in [1.54, 1.807) is 32.2 Å². The molecule has 6 heteroatoms. The van der Waals surface area contributed by atoms with E-state index in [-0.39, 0.29) is 24.3 Å². The van der Waals surface area contributed by atoms with Gasteiger partial charge in [-0.2, -0.15) is 0 Å². The Kier molecular flexibility index (Phi) is 5.82. The van der Waals surface area contributed by atoms with Gasteiger partial charge in [-0.3, -0.25) is 9.59 Å². The monoisotopic (exact) mass is 347 g/mol. The Morgan fingerprint density at radius 2 is 2.11 bits per heavy atom. The first-order valence-corrected chi connectivity index (χ1v) is 6.82. The summed E-state index contributed by atoms with van der Waals surface area (Å²) in [6.45, 7) is 1.98. The maximum absolute atomic E-state index is 12.2. The Hall–Kier alpha value is -1.07. The van der Waals surface area contributed by atoms with Crippen molar-refractivity contribution in [1.29, 1.82) is 0 Å². The lowest BCUT2D eigenvalue weighted by molar-refractivity contribution is -0.145. The lowest BCUT2D eigenvalue weighted by Crippen LogP contribution is -2.34. The quantitative estimate of drug-likeness (QED) is 0.786. The van der Waals surface area contributed by atoms with Crippen molar-refractivity contribution in [3.05, 3.63) is 33.3 Å². The fraction of sp³-hybridized carbons (Fsp3) is 0.385. The lowest BCUT2D eigenvalue weighted by atomic mass is 10.1. The van der Waals surface area contributed by atoms with Crippen LogP contribution in [0.3, 0.4) is 0 Å². The molecule has 0 bridgehead atoms. The predicted molar refractivity (Wildman–Crippen MR) is 77.3 cm³/mol. The van der Waals surface area contributed by atoms with Crippen LogP contribution in [-0.4, -0.2) is 37.5 Å². The standard InChI is InChI=1S/C13H15BrClNO3/c1-8(13(18)19-3)7-16(2)12(17)10-6-9(14)4-5-11(10)15/h4-6,8H,7H2,1-3H3. The molecule has 0 saturated heterocycles. The number of benzene rings is 1. The molecule has 0 spiro atoms. The average Bonchev–Trinajstić information content (AvgIpc) is 2.39. The van der Waals surface area contributed by atoms with Gasteiger partial charge < -0.3 is 9.64 Å². The third-order valence-electron chi connectivity index (χ3n) is 2.66. The summed E-state index contributed by atoms with van der Waals surface area (Å²) >= 11 is 9.30. The molecule has 1 amide bonds. The third-order valence-corrected chi connectivity index (χ3v) is 3.48. The minimum Gasteiger partial charge on any atom is -0.469 e. The number of methoxy groups -OCH3 is 1. The first kappa shape index (κ1) is 16.0. The fourth-order valence-electron chi connectivity index (χ4n) is 1.64. The molecule has 1 aromatic rings. The Morgan fingerprint density at radius 1 is 1.47 bits per heavy atom. The zero-order valence-corrected chi connectivity index (χ0v) is 13.3. The highest BCUT2D eigenvalue weighted by Gasteiger charge is 2.21. The maximum Gasteiger partial charge on any atom is 0.310 e. The van der Waals surface area contributed by atoms with Crippen molar-refractivity contribution in [2.24, 2.45) is 5.92 Å². The van der Waals surface area contributed by atoms with Gasteiger partial charge in [-0.25, -0.2) is 0 Å². The van der Waals surface area contributed by atoms with Gasteiger partial charge in [-0.15, -0.1) is 0 Å². The van der Waals surface area contributed by atoms with Crippen molar-refractivity contribution in [3.63, 3.8) is 0 Å². The number of rotatable bonds is 4. The minimum atomic E-state index is -0.384. The van der Waals surface area contributed by atoms with E-state index >= 15 is 0 Å². The zero-order valence-electron chi connectivity index (χ0n) is 10.9. The summed E-state index contributed by atoms with van der Waals surface area (Å²) in [7, 11) is 2.95. The van der Waals surface area contributed by atoms with E-state index < -0.39 is 0 Å². The van der Waals surface area contributed by atoms with Crippen molar-refractivity contribution >= 4 is 39.4 Å². The number of carbonyl (C=O) groups excluding carboxylic acids is 2. The molecule has 0 fully saturated rings. The van der Waals surface area contributed by atoms with E-state index in [0.717, 1.165) is 4.47 Å². The third kappa shape index (κ3) is 4.21. The fourth-order valence-corrected chi connectivity index (χ4v) is 2.20. The van der Waals surface area contributed by atoms with Crippen molar-refractivity contribution in [3.8, 4) is 0 Å². The second-order valence-corrected chi connectivity index (χ2v) is 5.56. The number of hydrogen-bond acceptors (Lipinski definition) is 3. The van der Waals surface area contributed by atoms with Crippen LogP contribution in [0, 0.1) is 5.92 Å². The molecule has 1 rings (SSSR count). The van der Waals surface area contributed by atoms with Crippen molar-refractivity contribution < 1.29 is 14.3 Å². The van der Waals surface area contributed by atoms with E-state index in [9.17, 15) is 9.59 Å². The molecule has 0 saturated carbocycles. The number of halogens is 2. The van der Waals surface area contributed by atoms with Crippen LogP contribution < -0.4 is 0 Å². The molecule has 0 radical (unpaired) electrons. The van der Waals surface area contributed by atoms with Crippen LogP contribution in [0.2, 0.25) is 5.02 Å². The van der Waals surface area contributed by atoms with Gasteiger partial charge in [0.25, 0.3) is 5.91 Å². The average molecular weight is 349 g/mol. The van der Waals surface area contributed by atoms with E-state index in [1.165, 1.54) is 12.0 Å². The molecule has 1 unspecified atom stereocenters. The molecule has 104 valence electrons. The molecule has 4 nitrogen and oxygen atoms in total. The number of carbonyl (C=O) groups is 2. The number of ether oxygens (including phenoxy) is 1. The highest BCUT2D eigenvalue weighted by atomic mass is 79.9. The van der Waals surface area contributed by atoms with Crippen LogP contribution in [0.4, 0.5) is 0 Å². The van der Waals surface area contributed by atoms with E-state index in [0.29, 0.717) is 10.6 Å². The summed E-state index contributed by atoms with van der Waals surface area (Å²) in [6.07, 6.45) is 0. The maximum atomic E-state index is 12.2. The second-order valence-electron chi connectivity index (χ2n) is 4.23. The number of esters is 1. The van der Waals surface area contributed by atoms with Crippen LogP contribution in [0.15, 0.2) is 22.7 Å². The van der Waals surface area contributed by atoms with Gasteiger partial charge in [0, 0.05) is 18.1 Å². The number of amides is 1. The SMILES string of the molecule is COC(=O)C(C)CN(C)C(=O)c1cc(Br)ccc1Cl. The largest absolute Gasteiger partial charge is 0.469 e. The second kappa shape index (κ2) is 6.91. The summed E-state index contributed by atoms with van der Waals surface area (Å²) in [5.74, 6) is -0.966. The highest BCUT2D eigenvalue weighted by Crippen LogP contribution is 2.22. The highest BCUT2D eigenvalue weighted by molar-refractivity contribution is 9.10. The Labute approximate surface area is 125 Å². The lowest BCUT2D eigenvalue weighted by Gasteiger charge is -2.21. The molecule has 0 heterocycles. The molecule has 0 aliphatic rings. The van der Waals surface area contributed by atoms with Gasteiger partial charge in [0.15, 0.2) is 0 Å². The summed E-state index contributed by atoms with van der Waals surface area (Å²) in [5.41, 5.74) is 0.399. The van der Waals surface area contributed by atoms with Gasteiger partial charge in [0.2, 0.25) is 0 Å². The van der Waals surface area contributed by atoms with Crippen molar-refractivity contribution in [1.82, 2.24) is 4.90 Å². The molecule has 1 atom stereocenters. The first-order chi connectivity index (χ1) is 8.86. The van der Waals surface area contributed by atoms with Crippen LogP contribution in [-0.2, 0) is 9.53 Å².